The smallest absolute Gasteiger partial charge is 0.339 e. The number of rotatable bonds is 7. The second-order valence-electron chi connectivity index (χ2n) is 6.30. The van der Waals surface area contributed by atoms with Gasteiger partial charge in [0, 0.05) is 6.54 Å². The van der Waals surface area contributed by atoms with Gasteiger partial charge in [-0.2, -0.15) is 0 Å². The standard InChI is InChI=1S/C21H25NO4/c1-14-11-15(2)20(16(3)12-14)21(24)26-13-19(23)22-10-9-17-5-7-18(25-4)8-6-17/h5-8,11-12H,9-10,13H2,1-4H3,(H,22,23). The SMILES string of the molecule is COc1ccc(CCNC(=O)COC(=O)c2c(C)cc(C)cc2C)cc1. The summed E-state index contributed by atoms with van der Waals surface area (Å²) in [5.41, 5.74) is 4.42. The van der Waals surface area contributed by atoms with Crippen molar-refractivity contribution in [2.24, 2.45) is 0 Å². The molecule has 0 fully saturated rings. The summed E-state index contributed by atoms with van der Waals surface area (Å²) in [6.07, 6.45) is 0.694. The summed E-state index contributed by atoms with van der Waals surface area (Å²) in [6, 6.07) is 11.5. The highest BCUT2D eigenvalue weighted by Crippen LogP contribution is 2.17. The lowest BCUT2D eigenvalue weighted by Gasteiger charge is -2.11. The fraction of sp³-hybridized carbons (Fsp3) is 0.333. The fourth-order valence-corrected chi connectivity index (χ4v) is 2.89. The van der Waals surface area contributed by atoms with E-state index >= 15 is 0 Å². The van der Waals surface area contributed by atoms with E-state index in [4.69, 9.17) is 9.47 Å². The Hall–Kier alpha value is -2.82. The van der Waals surface area contributed by atoms with Crippen LogP contribution in [0.25, 0.3) is 0 Å². The average molecular weight is 355 g/mol. The van der Waals surface area contributed by atoms with E-state index in [2.05, 4.69) is 5.32 Å². The number of esters is 1. The minimum atomic E-state index is -0.467. The first kappa shape index (κ1) is 19.5. The molecular formula is C21H25NO4. The number of nitrogens with one attached hydrogen (secondary N) is 1. The van der Waals surface area contributed by atoms with Crippen LogP contribution in [-0.4, -0.2) is 32.1 Å². The Labute approximate surface area is 154 Å². The van der Waals surface area contributed by atoms with E-state index in [1.807, 2.05) is 57.2 Å². The fourth-order valence-electron chi connectivity index (χ4n) is 2.89. The molecule has 0 bridgehead atoms. The summed E-state index contributed by atoms with van der Waals surface area (Å²) in [4.78, 5) is 24.1. The summed E-state index contributed by atoms with van der Waals surface area (Å²) < 4.78 is 10.3. The maximum Gasteiger partial charge on any atom is 0.339 e. The normalized spacial score (nSPS) is 10.3. The highest BCUT2D eigenvalue weighted by Gasteiger charge is 2.15. The molecule has 0 saturated carbocycles. The number of carbonyl (C=O) groups excluding carboxylic acids is 2. The predicted molar refractivity (Wildman–Crippen MR) is 101 cm³/mol. The predicted octanol–water partition coefficient (Wildman–Crippen LogP) is 3.14. The maximum absolute atomic E-state index is 12.2. The molecule has 2 rings (SSSR count). The van der Waals surface area contributed by atoms with Gasteiger partial charge in [-0.15, -0.1) is 0 Å². The van der Waals surface area contributed by atoms with E-state index in [1.165, 1.54) is 0 Å². The van der Waals surface area contributed by atoms with Gasteiger partial charge in [0.25, 0.3) is 5.91 Å². The zero-order chi connectivity index (χ0) is 19.1. The van der Waals surface area contributed by atoms with E-state index in [1.54, 1.807) is 7.11 Å². The van der Waals surface area contributed by atoms with E-state index < -0.39 is 5.97 Å². The van der Waals surface area contributed by atoms with Crippen LogP contribution in [0.3, 0.4) is 0 Å². The topological polar surface area (TPSA) is 64.6 Å². The second kappa shape index (κ2) is 9.04. The van der Waals surface area contributed by atoms with E-state index in [0.717, 1.165) is 28.0 Å². The Kier molecular flexibility index (Phi) is 6.78. The third-order valence-corrected chi connectivity index (χ3v) is 4.11. The molecule has 2 aromatic rings. The maximum atomic E-state index is 12.2. The zero-order valence-corrected chi connectivity index (χ0v) is 15.7. The lowest BCUT2D eigenvalue weighted by Crippen LogP contribution is -2.30. The van der Waals surface area contributed by atoms with Crippen molar-refractivity contribution in [3.63, 3.8) is 0 Å². The molecule has 5 nitrogen and oxygen atoms in total. The van der Waals surface area contributed by atoms with Crippen LogP contribution in [0.4, 0.5) is 0 Å². The molecule has 0 aliphatic rings. The van der Waals surface area contributed by atoms with E-state index in [-0.39, 0.29) is 12.5 Å². The highest BCUT2D eigenvalue weighted by molar-refractivity contribution is 5.94. The number of benzene rings is 2. The molecule has 26 heavy (non-hydrogen) atoms. The molecule has 0 atom stereocenters. The summed E-state index contributed by atoms with van der Waals surface area (Å²) in [7, 11) is 1.62. The Morgan fingerprint density at radius 2 is 1.62 bits per heavy atom. The van der Waals surface area contributed by atoms with Crippen LogP contribution in [-0.2, 0) is 16.0 Å². The van der Waals surface area contributed by atoms with Gasteiger partial charge in [0.15, 0.2) is 6.61 Å². The van der Waals surface area contributed by atoms with Crippen LogP contribution in [0.2, 0.25) is 0 Å². The molecular weight excluding hydrogens is 330 g/mol. The Morgan fingerprint density at radius 3 is 2.19 bits per heavy atom. The van der Waals surface area contributed by atoms with Crippen LogP contribution in [0.15, 0.2) is 36.4 Å². The molecule has 0 unspecified atom stereocenters. The minimum absolute atomic E-state index is 0.284. The van der Waals surface area contributed by atoms with Crippen LogP contribution in [0.1, 0.15) is 32.6 Å². The third-order valence-electron chi connectivity index (χ3n) is 4.11. The first-order valence-corrected chi connectivity index (χ1v) is 8.55. The Balaban J connectivity index is 1.78. The van der Waals surface area contributed by atoms with Crippen molar-refractivity contribution in [1.82, 2.24) is 5.32 Å². The van der Waals surface area contributed by atoms with Gasteiger partial charge in [-0.05, 0) is 56.0 Å². The molecule has 138 valence electrons. The third kappa shape index (κ3) is 5.34. The van der Waals surface area contributed by atoms with Gasteiger partial charge < -0.3 is 14.8 Å². The molecule has 5 heteroatoms. The average Bonchev–Trinajstić information content (AvgIpc) is 2.59. The Morgan fingerprint density at radius 1 is 1.00 bits per heavy atom. The van der Waals surface area contributed by atoms with Crippen molar-refractivity contribution in [3.8, 4) is 5.75 Å². The van der Waals surface area contributed by atoms with Crippen molar-refractivity contribution in [2.75, 3.05) is 20.3 Å². The highest BCUT2D eigenvalue weighted by atomic mass is 16.5. The number of amides is 1. The number of aryl methyl sites for hydroxylation is 3. The quantitative estimate of drug-likeness (QED) is 0.775. The molecule has 0 spiro atoms. The molecule has 1 N–H and O–H groups in total. The molecule has 0 aliphatic carbocycles. The summed E-state index contributed by atoms with van der Waals surface area (Å²) in [5.74, 6) is 0.0194. The minimum Gasteiger partial charge on any atom is -0.497 e. The number of hydrogen-bond donors (Lipinski definition) is 1. The molecule has 0 heterocycles. The molecule has 2 aromatic carbocycles. The molecule has 0 aromatic heterocycles. The van der Waals surface area contributed by atoms with Gasteiger partial charge in [-0.1, -0.05) is 29.8 Å². The molecule has 0 aliphatic heterocycles. The van der Waals surface area contributed by atoms with Crippen LogP contribution < -0.4 is 10.1 Å². The largest absolute Gasteiger partial charge is 0.497 e. The summed E-state index contributed by atoms with van der Waals surface area (Å²) >= 11 is 0. The van der Waals surface area contributed by atoms with E-state index in [9.17, 15) is 9.59 Å². The summed E-state index contributed by atoms with van der Waals surface area (Å²) in [5, 5.41) is 2.76. The van der Waals surface area contributed by atoms with Gasteiger partial charge in [0.1, 0.15) is 5.75 Å². The van der Waals surface area contributed by atoms with Gasteiger partial charge in [0.2, 0.25) is 0 Å². The molecule has 0 radical (unpaired) electrons. The molecule has 1 amide bonds. The van der Waals surface area contributed by atoms with Crippen LogP contribution >= 0.6 is 0 Å². The second-order valence-corrected chi connectivity index (χ2v) is 6.30. The monoisotopic (exact) mass is 355 g/mol. The lowest BCUT2D eigenvalue weighted by atomic mass is 10.00. The van der Waals surface area contributed by atoms with E-state index in [0.29, 0.717) is 18.5 Å². The van der Waals surface area contributed by atoms with Crippen molar-refractivity contribution in [2.45, 2.75) is 27.2 Å². The summed E-state index contributed by atoms with van der Waals surface area (Å²) in [6.45, 7) is 5.90. The number of carbonyl (C=O) groups is 2. The lowest BCUT2D eigenvalue weighted by molar-refractivity contribution is -0.124. The van der Waals surface area contributed by atoms with Gasteiger partial charge >= 0.3 is 5.97 Å². The first-order valence-electron chi connectivity index (χ1n) is 8.55. The number of ether oxygens (including phenoxy) is 2. The number of methoxy groups -OCH3 is 1. The van der Waals surface area contributed by atoms with Gasteiger partial charge in [-0.25, -0.2) is 4.79 Å². The zero-order valence-electron chi connectivity index (χ0n) is 15.7. The number of hydrogen-bond acceptors (Lipinski definition) is 4. The Bertz CT molecular complexity index is 758. The van der Waals surface area contributed by atoms with Crippen molar-refractivity contribution in [1.29, 1.82) is 0 Å². The van der Waals surface area contributed by atoms with Crippen molar-refractivity contribution >= 4 is 11.9 Å². The van der Waals surface area contributed by atoms with Crippen LogP contribution in [0.5, 0.6) is 5.75 Å². The van der Waals surface area contributed by atoms with Gasteiger partial charge in [-0.3, -0.25) is 4.79 Å². The first-order chi connectivity index (χ1) is 12.4. The van der Waals surface area contributed by atoms with Crippen molar-refractivity contribution in [3.05, 3.63) is 64.2 Å². The molecule has 0 saturated heterocycles. The van der Waals surface area contributed by atoms with Gasteiger partial charge in [0.05, 0.1) is 12.7 Å². The van der Waals surface area contributed by atoms with Crippen molar-refractivity contribution < 1.29 is 19.1 Å². The van der Waals surface area contributed by atoms with Crippen LogP contribution in [0, 0.1) is 20.8 Å².